The molecule has 6 heteroatoms. The molecular weight excluding hydrogens is 252 g/mol. The maximum absolute atomic E-state index is 11.8. The van der Waals surface area contributed by atoms with Crippen LogP contribution in [0, 0.1) is 0 Å². The van der Waals surface area contributed by atoms with Crippen LogP contribution in [0.2, 0.25) is 0 Å². The number of rotatable bonds is 4. The fraction of sp³-hybridized carbons (Fsp3) is 0.417. The van der Waals surface area contributed by atoms with Crippen LogP contribution < -0.4 is 5.32 Å². The van der Waals surface area contributed by atoms with Gasteiger partial charge in [-0.15, -0.1) is 11.3 Å². The number of amides is 1. The number of aliphatic carboxylic acids is 1. The lowest BCUT2D eigenvalue weighted by atomic mass is 10.1. The van der Waals surface area contributed by atoms with Gasteiger partial charge in [-0.1, -0.05) is 0 Å². The molecule has 96 valence electrons. The lowest BCUT2D eigenvalue weighted by Gasteiger charge is -2.03. The first kappa shape index (κ1) is 12.8. The smallest absolute Gasteiger partial charge is 0.331 e. The molecule has 2 rings (SSSR count). The largest absolute Gasteiger partial charge is 0.478 e. The molecule has 0 aliphatic heterocycles. The highest BCUT2D eigenvalue weighted by Crippen LogP contribution is 2.40. The summed E-state index contributed by atoms with van der Waals surface area (Å²) in [6.07, 6.45) is 2.32. The van der Waals surface area contributed by atoms with Crippen molar-refractivity contribution in [3.63, 3.8) is 0 Å². The topological polar surface area (TPSA) is 79.3 Å². The Morgan fingerprint density at radius 1 is 1.39 bits per heavy atom. The van der Waals surface area contributed by atoms with Crippen molar-refractivity contribution in [2.75, 3.05) is 5.32 Å². The Morgan fingerprint density at radius 3 is 2.61 bits per heavy atom. The fourth-order valence-corrected chi connectivity index (χ4v) is 2.22. The van der Waals surface area contributed by atoms with Gasteiger partial charge in [-0.25, -0.2) is 9.78 Å². The number of carbonyl (C=O) groups is 2. The number of anilines is 1. The van der Waals surface area contributed by atoms with E-state index in [1.165, 1.54) is 25.2 Å². The Hall–Kier alpha value is -1.69. The first-order chi connectivity index (χ1) is 8.49. The van der Waals surface area contributed by atoms with Gasteiger partial charge in [0.1, 0.15) is 0 Å². The molecule has 1 aromatic heterocycles. The average molecular weight is 266 g/mol. The van der Waals surface area contributed by atoms with Crippen molar-refractivity contribution < 1.29 is 14.7 Å². The van der Waals surface area contributed by atoms with E-state index in [0.717, 1.165) is 18.5 Å². The Morgan fingerprint density at radius 2 is 2.06 bits per heavy atom. The molecule has 0 spiro atoms. The molecule has 1 heterocycles. The van der Waals surface area contributed by atoms with Gasteiger partial charge in [0.2, 0.25) is 0 Å². The van der Waals surface area contributed by atoms with Crippen molar-refractivity contribution in [2.24, 2.45) is 0 Å². The SMILES string of the molecule is CC(C(=O)O)=C(C)C(=O)Nc1nc(C2CC2)cs1. The van der Waals surface area contributed by atoms with Crippen LogP contribution in [0.5, 0.6) is 0 Å². The summed E-state index contributed by atoms with van der Waals surface area (Å²) in [7, 11) is 0. The van der Waals surface area contributed by atoms with Crippen LogP contribution >= 0.6 is 11.3 Å². The lowest BCUT2D eigenvalue weighted by molar-refractivity contribution is -0.133. The lowest BCUT2D eigenvalue weighted by Crippen LogP contribution is -2.16. The van der Waals surface area contributed by atoms with Gasteiger partial charge in [0.05, 0.1) is 5.69 Å². The van der Waals surface area contributed by atoms with Gasteiger partial charge in [-0.3, -0.25) is 10.1 Å². The second kappa shape index (κ2) is 4.89. The first-order valence-electron chi connectivity index (χ1n) is 5.66. The number of carboxylic acid groups (broad SMARTS) is 1. The minimum Gasteiger partial charge on any atom is -0.478 e. The second-order valence-electron chi connectivity index (χ2n) is 4.36. The predicted molar refractivity (Wildman–Crippen MR) is 68.7 cm³/mol. The van der Waals surface area contributed by atoms with Crippen LogP contribution in [-0.2, 0) is 9.59 Å². The molecule has 0 unspecified atom stereocenters. The number of nitrogens with zero attached hydrogens (tertiary/aromatic N) is 1. The van der Waals surface area contributed by atoms with Gasteiger partial charge in [-0.2, -0.15) is 0 Å². The summed E-state index contributed by atoms with van der Waals surface area (Å²) in [4.78, 5) is 26.9. The molecule has 0 aromatic carbocycles. The van der Waals surface area contributed by atoms with E-state index < -0.39 is 11.9 Å². The Balaban J connectivity index is 2.06. The number of carbonyl (C=O) groups excluding carboxylic acids is 1. The number of aromatic nitrogens is 1. The average Bonchev–Trinajstić information content (AvgIpc) is 3.08. The van der Waals surface area contributed by atoms with Gasteiger partial charge in [0, 0.05) is 22.4 Å². The highest BCUT2D eigenvalue weighted by atomic mass is 32.1. The number of nitrogens with one attached hydrogen (secondary N) is 1. The van der Waals surface area contributed by atoms with Crippen molar-refractivity contribution in [2.45, 2.75) is 32.6 Å². The van der Waals surface area contributed by atoms with Gasteiger partial charge in [0.25, 0.3) is 5.91 Å². The molecule has 1 aromatic rings. The molecule has 0 bridgehead atoms. The van der Waals surface area contributed by atoms with Gasteiger partial charge in [0.15, 0.2) is 5.13 Å². The minimum atomic E-state index is -1.08. The summed E-state index contributed by atoms with van der Waals surface area (Å²) in [6, 6.07) is 0. The second-order valence-corrected chi connectivity index (χ2v) is 5.22. The maximum atomic E-state index is 11.8. The molecular formula is C12H14N2O3S. The van der Waals surface area contributed by atoms with Crippen molar-refractivity contribution >= 4 is 28.3 Å². The molecule has 1 aliphatic rings. The normalized spacial score (nSPS) is 16.1. The molecule has 0 atom stereocenters. The Labute approximate surface area is 109 Å². The van der Waals surface area contributed by atoms with Crippen LogP contribution in [-0.4, -0.2) is 22.0 Å². The molecule has 2 N–H and O–H groups in total. The van der Waals surface area contributed by atoms with E-state index in [1.54, 1.807) is 0 Å². The van der Waals surface area contributed by atoms with Crippen molar-refractivity contribution in [3.8, 4) is 0 Å². The highest BCUT2D eigenvalue weighted by molar-refractivity contribution is 7.14. The van der Waals surface area contributed by atoms with Gasteiger partial charge < -0.3 is 5.11 Å². The highest BCUT2D eigenvalue weighted by Gasteiger charge is 2.26. The molecule has 1 aliphatic carbocycles. The number of carboxylic acids is 1. The van der Waals surface area contributed by atoms with Crippen LogP contribution in [0.3, 0.4) is 0 Å². The molecule has 1 fully saturated rings. The fourth-order valence-electron chi connectivity index (χ4n) is 1.43. The van der Waals surface area contributed by atoms with E-state index in [-0.39, 0.29) is 11.1 Å². The number of hydrogen-bond donors (Lipinski definition) is 2. The summed E-state index contributed by atoms with van der Waals surface area (Å²) in [6.45, 7) is 2.91. The van der Waals surface area contributed by atoms with E-state index in [2.05, 4.69) is 10.3 Å². The maximum Gasteiger partial charge on any atom is 0.331 e. The van der Waals surface area contributed by atoms with Crippen molar-refractivity contribution in [1.82, 2.24) is 4.98 Å². The van der Waals surface area contributed by atoms with E-state index >= 15 is 0 Å². The summed E-state index contributed by atoms with van der Waals surface area (Å²) in [5.41, 5.74) is 1.27. The Kier molecular flexibility index (Phi) is 3.47. The van der Waals surface area contributed by atoms with Crippen LogP contribution in [0.25, 0.3) is 0 Å². The third-order valence-corrected chi connectivity index (χ3v) is 3.74. The summed E-state index contributed by atoms with van der Waals surface area (Å²) < 4.78 is 0. The zero-order valence-electron chi connectivity index (χ0n) is 10.2. The summed E-state index contributed by atoms with van der Waals surface area (Å²) >= 11 is 1.37. The minimum absolute atomic E-state index is 0.0477. The third kappa shape index (κ3) is 2.76. The standard InChI is InChI=1S/C12H14N2O3S/c1-6(7(2)11(16)17)10(15)14-12-13-9(5-18-12)8-3-4-8/h5,8H,3-4H2,1-2H3,(H,16,17)(H,13,14,15). The van der Waals surface area contributed by atoms with Crippen LogP contribution in [0.1, 0.15) is 38.3 Å². The van der Waals surface area contributed by atoms with Crippen molar-refractivity contribution in [1.29, 1.82) is 0 Å². The van der Waals surface area contributed by atoms with Crippen LogP contribution in [0.15, 0.2) is 16.5 Å². The zero-order valence-corrected chi connectivity index (χ0v) is 11.0. The zero-order chi connectivity index (χ0) is 13.3. The summed E-state index contributed by atoms with van der Waals surface area (Å²) in [5, 5.41) is 13.9. The third-order valence-electron chi connectivity index (χ3n) is 2.96. The van der Waals surface area contributed by atoms with E-state index in [0.29, 0.717) is 11.0 Å². The van der Waals surface area contributed by atoms with E-state index in [4.69, 9.17) is 5.11 Å². The van der Waals surface area contributed by atoms with E-state index in [9.17, 15) is 9.59 Å². The Bertz CT molecular complexity index is 529. The van der Waals surface area contributed by atoms with Gasteiger partial charge in [-0.05, 0) is 26.7 Å². The van der Waals surface area contributed by atoms with Gasteiger partial charge >= 0.3 is 5.97 Å². The number of thiazole rings is 1. The predicted octanol–water partition coefficient (Wildman–Crippen LogP) is 2.38. The quantitative estimate of drug-likeness (QED) is 0.820. The summed E-state index contributed by atoms with van der Waals surface area (Å²) in [5.74, 6) is -0.948. The molecule has 5 nitrogen and oxygen atoms in total. The molecule has 18 heavy (non-hydrogen) atoms. The van der Waals surface area contributed by atoms with E-state index in [1.807, 2.05) is 5.38 Å². The van der Waals surface area contributed by atoms with Crippen LogP contribution in [0.4, 0.5) is 5.13 Å². The molecule has 1 amide bonds. The number of hydrogen-bond acceptors (Lipinski definition) is 4. The molecule has 0 radical (unpaired) electrons. The van der Waals surface area contributed by atoms with Crippen molar-refractivity contribution in [3.05, 3.63) is 22.2 Å². The first-order valence-corrected chi connectivity index (χ1v) is 6.54. The monoisotopic (exact) mass is 266 g/mol. The molecule has 0 saturated heterocycles. The molecule has 1 saturated carbocycles.